The van der Waals surface area contributed by atoms with E-state index in [0.29, 0.717) is 0 Å². The van der Waals surface area contributed by atoms with Gasteiger partial charge in [0.2, 0.25) is 0 Å². The van der Waals surface area contributed by atoms with Gasteiger partial charge in [0.25, 0.3) is 0 Å². The van der Waals surface area contributed by atoms with E-state index in [1.165, 1.54) is 10.8 Å². The Balaban J connectivity index is -0.0000000400. The first-order valence-electron chi connectivity index (χ1n) is 0.855. The number of rotatable bonds is 0. The van der Waals surface area contributed by atoms with E-state index in [0.717, 1.165) is 0 Å². The maximum atomic E-state index is 7.13. The number of nitrogens with zero attached hydrogens (tertiary/aromatic N) is 2. The summed E-state index contributed by atoms with van der Waals surface area (Å²) in [7, 11) is 0. The standard InChI is InChI=1S/2CHNS.Cu/c2*2-1-3;/h2*3H;/q;;+2/p-2. The van der Waals surface area contributed by atoms with Crippen LogP contribution in [0.3, 0.4) is 0 Å². The second kappa shape index (κ2) is 38.5. The van der Waals surface area contributed by atoms with Gasteiger partial charge in [-0.3, -0.25) is 0 Å². The third-order valence-electron chi connectivity index (χ3n) is 0. The molecule has 0 aromatic carbocycles. The molecule has 0 aliphatic heterocycles. The summed E-state index contributed by atoms with van der Waals surface area (Å²) in [6, 6.07) is 0. The predicted octanol–water partition coefficient (Wildman–Crippen LogP) is 0.0263. The molecule has 0 aromatic rings. The van der Waals surface area contributed by atoms with Gasteiger partial charge in [0, 0.05) is 0 Å². The summed E-state index contributed by atoms with van der Waals surface area (Å²) in [5.41, 5.74) is 0. The summed E-state index contributed by atoms with van der Waals surface area (Å²) in [4.78, 5) is 0. The van der Waals surface area contributed by atoms with Gasteiger partial charge in [0.15, 0.2) is 0 Å². The fraction of sp³-hybridized carbons (Fsp3) is 0. The summed E-state index contributed by atoms with van der Waals surface area (Å²) in [5, 5.41) is 16.9. The number of thiocyanates is 2. The average molecular weight is 180 g/mol. The van der Waals surface area contributed by atoms with Gasteiger partial charge in [-0.15, -0.1) is 0 Å². The maximum absolute atomic E-state index is 7.13. The molecule has 0 heterocycles. The van der Waals surface area contributed by atoms with E-state index in [2.05, 4.69) is 25.3 Å². The minimum Gasteiger partial charge on any atom is -0.696 e. The molecule has 0 fully saturated rings. The summed E-state index contributed by atoms with van der Waals surface area (Å²) < 4.78 is 0. The molecule has 1 radical (unpaired) electrons. The molecule has 0 saturated carbocycles. The first-order valence-corrected chi connectivity index (χ1v) is 1.67. The van der Waals surface area contributed by atoms with Crippen molar-refractivity contribution in [1.82, 2.24) is 0 Å². The van der Waals surface area contributed by atoms with Crippen LogP contribution in [0.2, 0.25) is 0 Å². The second-order valence-electron chi connectivity index (χ2n) is 0.183. The van der Waals surface area contributed by atoms with Crippen molar-refractivity contribution in [3.8, 4) is 10.8 Å². The molecule has 0 aliphatic carbocycles. The van der Waals surface area contributed by atoms with Crippen LogP contribution < -0.4 is 0 Å². The van der Waals surface area contributed by atoms with Crippen molar-refractivity contribution in [1.29, 1.82) is 10.5 Å². The van der Waals surface area contributed by atoms with Crippen LogP contribution in [-0.2, 0) is 42.3 Å². The van der Waals surface area contributed by atoms with Crippen LogP contribution in [0.25, 0.3) is 0 Å². The van der Waals surface area contributed by atoms with Gasteiger partial charge < -0.3 is 25.3 Å². The monoisotopic (exact) mass is 179 g/mol. The number of hydrogen-bond donors (Lipinski definition) is 0. The van der Waals surface area contributed by atoms with Crippen LogP contribution in [0.15, 0.2) is 0 Å². The molecule has 0 rings (SSSR count). The van der Waals surface area contributed by atoms with Gasteiger partial charge in [-0.05, 0) is 0 Å². The Kier molecular flexibility index (Phi) is 86.8. The zero-order valence-corrected chi connectivity index (χ0v) is 5.59. The number of hydrogen-bond acceptors (Lipinski definition) is 4. The molecule has 0 saturated heterocycles. The van der Waals surface area contributed by atoms with Crippen molar-refractivity contribution in [2.24, 2.45) is 0 Å². The summed E-state index contributed by atoms with van der Waals surface area (Å²) >= 11 is 7.40. The van der Waals surface area contributed by atoms with Crippen molar-refractivity contribution in [3.63, 3.8) is 0 Å². The minimum atomic E-state index is 0. The van der Waals surface area contributed by atoms with Crippen LogP contribution in [0, 0.1) is 21.3 Å². The second-order valence-corrected chi connectivity index (χ2v) is 0.548. The SMILES string of the molecule is N#C[S-].N#C[S-].[Cu+2]. The quantitative estimate of drug-likeness (QED) is 0.299. The molecule has 0 atom stereocenters. The molecule has 2 nitrogen and oxygen atoms in total. The van der Waals surface area contributed by atoms with Gasteiger partial charge in [-0.2, -0.15) is 0 Å². The van der Waals surface area contributed by atoms with Crippen LogP contribution in [0.5, 0.6) is 0 Å². The average Bonchev–Trinajstić information content (AvgIpc) is 1.39. The Morgan fingerprint density at radius 1 is 1.00 bits per heavy atom. The molecule has 5 heteroatoms. The molecule has 0 spiro atoms. The van der Waals surface area contributed by atoms with E-state index >= 15 is 0 Å². The van der Waals surface area contributed by atoms with Crippen molar-refractivity contribution in [2.45, 2.75) is 0 Å². The van der Waals surface area contributed by atoms with Crippen molar-refractivity contribution in [2.75, 3.05) is 0 Å². The Morgan fingerprint density at radius 3 is 1.00 bits per heavy atom. The third kappa shape index (κ3) is 25200. The van der Waals surface area contributed by atoms with E-state index in [-0.39, 0.29) is 17.1 Å². The summed E-state index contributed by atoms with van der Waals surface area (Å²) in [6.45, 7) is 0. The summed E-state index contributed by atoms with van der Waals surface area (Å²) in [6.07, 6.45) is 0. The van der Waals surface area contributed by atoms with Crippen LogP contribution >= 0.6 is 0 Å². The van der Waals surface area contributed by atoms with Crippen molar-refractivity contribution < 1.29 is 17.1 Å². The zero-order chi connectivity index (χ0) is 5.41. The molecule has 0 N–H and O–H groups in total. The molecule has 7 heavy (non-hydrogen) atoms. The van der Waals surface area contributed by atoms with E-state index in [1.807, 2.05) is 0 Å². The number of nitriles is 2. The van der Waals surface area contributed by atoms with Gasteiger partial charge in [-0.25, -0.2) is 10.5 Å². The van der Waals surface area contributed by atoms with E-state index < -0.39 is 0 Å². The maximum Gasteiger partial charge on any atom is 2.00 e. The van der Waals surface area contributed by atoms with Crippen LogP contribution in [0.1, 0.15) is 0 Å². The molecule has 41 valence electrons. The van der Waals surface area contributed by atoms with Crippen LogP contribution in [-0.4, -0.2) is 0 Å². The minimum absolute atomic E-state index is 0. The first-order chi connectivity index (χ1) is 2.83. The molecule has 0 bridgehead atoms. The Bertz CT molecular complexity index is 68.7. The third-order valence-corrected chi connectivity index (χ3v) is 0. The molecule has 0 amide bonds. The summed E-state index contributed by atoms with van der Waals surface area (Å²) in [5.74, 6) is 0. The zero-order valence-electron chi connectivity index (χ0n) is 3.01. The fourth-order valence-electron chi connectivity index (χ4n) is 0. The largest absolute Gasteiger partial charge is 2.00 e. The predicted molar refractivity (Wildman–Crippen MR) is 26.0 cm³/mol. The molecular formula is C2CuN2S2. The molecular weight excluding hydrogens is 180 g/mol. The molecule has 0 unspecified atom stereocenters. The Morgan fingerprint density at radius 2 is 1.00 bits per heavy atom. The van der Waals surface area contributed by atoms with Gasteiger partial charge in [-0.1, -0.05) is 10.8 Å². The fourth-order valence-corrected chi connectivity index (χ4v) is 0. The smallest absolute Gasteiger partial charge is 0.696 e. The first kappa shape index (κ1) is 15.8. The van der Waals surface area contributed by atoms with E-state index in [9.17, 15) is 0 Å². The molecule has 0 aromatic heterocycles. The van der Waals surface area contributed by atoms with Crippen LogP contribution in [0.4, 0.5) is 0 Å². The van der Waals surface area contributed by atoms with Gasteiger partial charge in [0.1, 0.15) is 0 Å². The van der Waals surface area contributed by atoms with E-state index in [4.69, 9.17) is 10.5 Å². The van der Waals surface area contributed by atoms with Gasteiger partial charge >= 0.3 is 17.1 Å². The topological polar surface area (TPSA) is 47.6 Å². The van der Waals surface area contributed by atoms with Crippen molar-refractivity contribution in [3.05, 3.63) is 0 Å². The Labute approximate surface area is 63.8 Å². The molecule has 0 aliphatic rings. The van der Waals surface area contributed by atoms with E-state index in [1.54, 1.807) is 0 Å². The Hall–Kier alpha value is -0.0605. The van der Waals surface area contributed by atoms with Crippen molar-refractivity contribution >= 4 is 25.3 Å². The normalized spacial score (nSPS) is 2.00. The van der Waals surface area contributed by atoms with Gasteiger partial charge in [0.05, 0.1) is 0 Å².